The molecule has 0 aromatic heterocycles. The van der Waals surface area contributed by atoms with Gasteiger partial charge in [0.25, 0.3) is 0 Å². The van der Waals surface area contributed by atoms with Crippen LogP contribution in [-0.2, 0) is 21.7 Å². The third kappa shape index (κ3) is 59.6. The fourth-order valence-corrected chi connectivity index (χ4v) is 0.989. The van der Waals surface area contributed by atoms with E-state index in [0.717, 1.165) is 6.42 Å². The van der Waals surface area contributed by atoms with Crippen LogP contribution in [0, 0.1) is 6.08 Å². The Morgan fingerprint density at radius 2 is 1.32 bits per heavy atom. The van der Waals surface area contributed by atoms with E-state index >= 15 is 0 Å². The van der Waals surface area contributed by atoms with Crippen LogP contribution >= 0.6 is 0 Å². The molecule has 132 valence electrons. The van der Waals surface area contributed by atoms with E-state index in [9.17, 15) is 0 Å². The standard InChI is InChI=1S/C9H13.3C3H8O.Ti/c1-2-3-6-9-7-4-5-8-9;3*1-3(2)4;/h4,7H,2-3,5-6H2,1H3;3*3-4H,1-2H3;/q-1;;;;. The number of hydrogen-bond acceptors (Lipinski definition) is 3. The smallest absolute Gasteiger partial charge is 0.0483 e. The van der Waals surface area contributed by atoms with Crippen LogP contribution in [0.3, 0.4) is 0 Å². The van der Waals surface area contributed by atoms with Crippen molar-refractivity contribution < 1.29 is 37.0 Å². The van der Waals surface area contributed by atoms with Gasteiger partial charge in [-0.3, -0.25) is 6.08 Å². The normalized spacial score (nSPS) is 11.6. The van der Waals surface area contributed by atoms with Gasteiger partial charge in [-0.25, -0.2) is 11.6 Å². The van der Waals surface area contributed by atoms with E-state index in [2.05, 4.69) is 25.2 Å². The molecular weight excluding hydrogens is 312 g/mol. The molecule has 0 atom stereocenters. The molecule has 0 bridgehead atoms. The summed E-state index contributed by atoms with van der Waals surface area (Å²) in [6.45, 7) is 12.6. The molecular formula is C18H37O3Ti-. The molecule has 4 heteroatoms. The van der Waals surface area contributed by atoms with Crippen LogP contribution in [0.2, 0.25) is 0 Å². The Kier molecular flexibility index (Phi) is 31.8. The zero-order valence-electron chi connectivity index (χ0n) is 15.6. The van der Waals surface area contributed by atoms with Gasteiger partial charge >= 0.3 is 0 Å². The van der Waals surface area contributed by atoms with Crippen LogP contribution < -0.4 is 0 Å². The first kappa shape index (κ1) is 30.0. The van der Waals surface area contributed by atoms with Gasteiger partial charge < -0.3 is 15.3 Å². The van der Waals surface area contributed by atoms with Crippen molar-refractivity contribution >= 4 is 0 Å². The molecule has 3 nitrogen and oxygen atoms in total. The zero-order chi connectivity index (χ0) is 17.3. The minimum absolute atomic E-state index is 0. The SMILES string of the molecule is CC(C)O.CC(C)O.CC(C)O.CCCCC1=[C-]CC=C1.[Ti]. The summed E-state index contributed by atoms with van der Waals surface area (Å²) in [4.78, 5) is 0. The first-order valence-corrected chi connectivity index (χ1v) is 7.93. The Morgan fingerprint density at radius 3 is 1.55 bits per heavy atom. The van der Waals surface area contributed by atoms with Crippen molar-refractivity contribution in [1.82, 2.24) is 0 Å². The Morgan fingerprint density at radius 1 is 0.955 bits per heavy atom. The van der Waals surface area contributed by atoms with E-state index in [4.69, 9.17) is 15.3 Å². The summed E-state index contributed by atoms with van der Waals surface area (Å²) < 4.78 is 0. The maximum absolute atomic E-state index is 8.06. The molecule has 1 rings (SSSR count). The molecule has 0 unspecified atom stereocenters. The topological polar surface area (TPSA) is 60.7 Å². The Labute approximate surface area is 153 Å². The molecule has 0 aliphatic heterocycles. The van der Waals surface area contributed by atoms with Crippen LogP contribution in [0.25, 0.3) is 0 Å². The second kappa shape index (κ2) is 23.3. The van der Waals surface area contributed by atoms with Crippen molar-refractivity contribution in [1.29, 1.82) is 0 Å². The first-order valence-electron chi connectivity index (χ1n) is 7.93. The van der Waals surface area contributed by atoms with Crippen LogP contribution in [0.5, 0.6) is 0 Å². The quantitative estimate of drug-likeness (QED) is 0.533. The maximum Gasteiger partial charge on any atom is 0.0483 e. The Balaban J connectivity index is -0.000000107. The van der Waals surface area contributed by atoms with E-state index in [1.807, 2.05) is 0 Å². The van der Waals surface area contributed by atoms with Crippen molar-refractivity contribution in [2.75, 3.05) is 0 Å². The van der Waals surface area contributed by atoms with Crippen LogP contribution in [0.15, 0.2) is 17.7 Å². The molecule has 0 fully saturated rings. The van der Waals surface area contributed by atoms with Crippen LogP contribution in [0.1, 0.15) is 74.1 Å². The van der Waals surface area contributed by atoms with Gasteiger partial charge in [-0.15, -0.1) is 6.42 Å². The number of rotatable bonds is 3. The Hall–Kier alpha value is 0.0743. The second-order valence-electron chi connectivity index (χ2n) is 5.69. The minimum atomic E-state index is -0.167. The molecule has 0 heterocycles. The Bertz CT molecular complexity index is 224. The van der Waals surface area contributed by atoms with Gasteiger partial charge in [0.05, 0.1) is 0 Å². The van der Waals surface area contributed by atoms with Gasteiger partial charge in [0.15, 0.2) is 0 Å². The van der Waals surface area contributed by atoms with Crippen molar-refractivity contribution in [3.05, 3.63) is 23.8 Å². The largest absolute Gasteiger partial charge is 0.394 e. The summed E-state index contributed by atoms with van der Waals surface area (Å²) >= 11 is 0. The molecule has 0 saturated carbocycles. The molecule has 1 aliphatic carbocycles. The van der Waals surface area contributed by atoms with Crippen molar-refractivity contribution in [3.8, 4) is 0 Å². The number of aliphatic hydroxyl groups excluding tert-OH is 3. The molecule has 22 heavy (non-hydrogen) atoms. The molecule has 0 saturated heterocycles. The van der Waals surface area contributed by atoms with Gasteiger partial charge in [0.1, 0.15) is 0 Å². The average Bonchev–Trinajstić information content (AvgIpc) is 2.76. The fraction of sp³-hybridized carbons (Fsp3) is 0.778. The third-order valence-corrected chi connectivity index (χ3v) is 1.57. The van der Waals surface area contributed by atoms with E-state index in [1.54, 1.807) is 41.5 Å². The average molecular weight is 349 g/mol. The molecule has 0 aromatic rings. The molecule has 0 spiro atoms. The maximum atomic E-state index is 8.06. The summed E-state index contributed by atoms with van der Waals surface area (Å²) in [5, 5.41) is 24.2. The summed E-state index contributed by atoms with van der Waals surface area (Å²) in [5.74, 6) is 0. The zero-order valence-corrected chi connectivity index (χ0v) is 17.1. The van der Waals surface area contributed by atoms with Gasteiger partial charge in [-0.05, 0) is 41.5 Å². The fourth-order valence-electron chi connectivity index (χ4n) is 0.989. The van der Waals surface area contributed by atoms with E-state index < -0.39 is 0 Å². The molecule has 0 radical (unpaired) electrons. The summed E-state index contributed by atoms with van der Waals surface area (Å²) in [5.41, 5.74) is 1.41. The molecule has 1 aliphatic rings. The summed E-state index contributed by atoms with van der Waals surface area (Å²) in [6, 6.07) is 0. The van der Waals surface area contributed by atoms with Gasteiger partial charge in [-0.2, -0.15) is 6.08 Å². The number of unbranched alkanes of at least 4 members (excludes halogenated alkanes) is 1. The van der Waals surface area contributed by atoms with Crippen molar-refractivity contribution in [2.24, 2.45) is 0 Å². The molecule has 0 amide bonds. The summed E-state index contributed by atoms with van der Waals surface area (Å²) in [6.07, 6.45) is 12.0. The monoisotopic (exact) mass is 349 g/mol. The van der Waals surface area contributed by atoms with E-state index in [-0.39, 0.29) is 40.0 Å². The second-order valence-corrected chi connectivity index (χ2v) is 5.69. The predicted octanol–water partition coefficient (Wildman–Crippen LogP) is 4.02. The van der Waals surface area contributed by atoms with E-state index in [1.165, 1.54) is 24.8 Å². The van der Waals surface area contributed by atoms with Gasteiger partial charge in [-0.1, -0.05) is 26.2 Å². The van der Waals surface area contributed by atoms with Gasteiger partial charge in [0.2, 0.25) is 0 Å². The molecule has 3 N–H and O–H groups in total. The minimum Gasteiger partial charge on any atom is -0.394 e. The van der Waals surface area contributed by atoms with Crippen LogP contribution in [-0.4, -0.2) is 33.6 Å². The van der Waals surface area contributed by atoms with E-state index in [0.29, 0.717) is 0 Å². The number of allylic oxidation sites excluding steroid dienone is 4. The number of hydrogen-bond donors (Lipinski definition) is 3. The van der Waals surface area contributed by atoms with Crippen molar-refractivity contribution in [2.45, 2.75) is 92.5 Å². The third-order valence-electron chi connectivity index (χ3n) is 1.57. The van der Waals surface area contributed by atoms with Gasteiger partial charge in [0, 0.05) is 40.0 Å². The summed E-state index contributed by atoms with van der Waals surface area (Å²) in [7, 11) is 0. The predicted molar refractivity (Wildman–Crippen MR) is 92.1 cm³/mol. The first-order chi connectivity index (χ1) is 9.63. The molecule has 0 aromatic carbocycles. The van der Waals surface area contributed by atoms with Crippen LogP contribution in [0.4, 0.5) is 0 Å². The number of aliphatic hydroxyl groups is 3. The van der Waals surface area contributed by atoms with Crippen molar-refractivity contribution in [3.63, 3.8) is 0 Å².